The van der Waals surface area contributed by atoms with E-state index in [-0.39, 0.29) is 41.8 Å². The van der Waals surface area contributed by atoms with Gasteiger partial charge in [0.05, 0.1) is 6.20 Å². The smallest absolute Gasteiger partial charge is 0.352 e. The molecule has 0 radical (unpaired) electrons. The highest BCUT2D eigenvalue weighted by atomic mass is 35.5. The second-order valence-electron chi connectivity index (χ2n) is 5.45. The van der Waals surface area contributed by atoms with Crippen molar-refractivity contribution in [2.24, 2.45) is 5.73 Å². The zero-order chi connectivity index (χ0) is 16.1. The minimum absolute atomic E-state index is 0. The molecule has 0 unspecified atom stereocenters. The Kier molecular flexibility index (Phi) is 5.62. The first kappa shape index (κ1) is 19.5. The van der Waals surface area contributed by atoms with Gasteiger partial charge in [-0.1, -0.05) is 5.10 Å². The van der Waals surface area contributed by atoms with Crippen LogP contribution in [0.2, 0.25) is 0 Å². The van der Waals surface area contributed by atoms with Gasteiger partial charge in [-0.15, -0.1) is 41.1 Å². The number of carboxylic acid groups (broad SMARTS) is 1. The summed E-state index contributed by atoms with van der Waals surface area (Å²) in [5.41, 5.74) is 7.36. The zero-order valence-corrected chi connectivity index (χ0v) is 15.3. The number of hydrogen-bond donors (Lipinski definition) is 2. The number of fused-ring (bicyclic) bond motifs is 2. The largest absolute Gasteiger partial charge is 0.477 e. The second kappa shape index (κ2) is 7.20. The summed E-state index contributed by atoms with van der Waals surface area (Å²) < 4.78 is 3.63. The number of nitrogens with zero attached hydrogens (tertiary/aromatic N) is 4. The van der Waals surface area contributed by atoms with Crippen LogP contribution >= 0.6 is 36.6 Å². The van der Waals surface area contributed by atoms with Crippen molar-refractivity contribution in [2.75, 3.05) is 5.75 Å². The number of hydrogen-bond acceptors (Lipinski definition) is 5. The molecule has 2 aliphatic heterocycles. The van der Waals surface area contributed by atoms with Gasteiger partial charge in [-0.25, -0.2) is 9.36 Å². The van der Waals surface area contributed by atoms with Crippen LogP contribution in [-0.2, 0) is 16.1 Å². The lowest BCUT2D eigenvalue weighted by Crippen LogP contribution is -2.68. The first-order valence-electron chi connectivity index (χ1n) is 7.05. The molecule has 0 aromatic carbocycles. The summed E-state index contributed by atoms with van der Waals surface area (Å²) in [5.74, 6) is -0.882. The standard InChI is InChI=1S/C14H13N5O3S.2ClH/c15-10-12(20)19-11(14(21)22)8(7-23-13(10)19)6-17-4-5-18-9(17)2-1-3-16-18;;/h1-5,10,13H,6-7,15H2;2*1H/p+1/t10-,13-;;/m1../s1. The van der Waals surface area contributed by atoms with Crippen molar-refractivity contribution < 1.29 is 19.3 Å². The molecule has 1 saturated heterocycles. The first-order chi connectivity index (χ1) is 11.1. The van der Waals surface area contributed by atoms with Crippen molar-refractivity contribution in [3.63, 3.8) is 0 Å². The number of carbonyl (C=O) groups is 2. The van der Waals surface area contributed by atoms with Gasteiger partial charge in [0.25, 0.3) is 0 Å². The fourth-order valence-corrected chi connectivity index (χ4v) is 4.26. The number of thioether (sulfide) groups is 1. The maximum absolute atomic E-state index is 11.9. The van der Waals surface area contributed by atoms with Crippen LogP contribution in [0.15, 0.2) is 42.0 Å². The van der Waals surface area contributed by atoms with Crippen molar-refractivity contribution in [3.8, 4) is 0 Å². The van der Waals surface area contributed by atoms with Crippen LogP contribution in [-0.4, -0.2) is 48.7 Å². The van der Waals surface area contributed by atoms with Crippen LogP contribution in [0, 0.1) is 0 Å². The number of nitrogens with two attached hydrogens (primary N) is 1. The van der Waals surface area contributed by atoms with Gasteiger partial charge in [-0.2, -0.15) is 0 Å². The van der Waals surface area contributed by atoms with E-state index in [0.717, 1.165) is 5.65 Å². The lowest BCUT2D eigenvalue weighted by atomic mass is 10.0. The molecular weight excluding hydrogens is 389 g/mol. The second-order valence-corrected chi connectivity index (χ2v) is 6.55. The summed E-state index contributed by atoms with van der Waals surface area (Å²) in [6.07, 6.45) is 5.33. The van der Waals surface area contributed by atoms with Crippen molar-refractivity contribution in [2.45, 2.75) is 18.0 Å². The number of imidazole rings is 1. The number of rotatable bonds is 3. The monoisotopic (exact) mass is 404 g/mol. The lowest BCUT2D eigenvalue weighted by molar-refractivity contribution is -0.662. The number of carboxylic acids is 1. The van der Waals surface area contributed by atoms with Crippen LogP contribution in [0.5, 0.6) is 0 Å². The minimum Gasteiger partial charge on any atom is -0.477 e. The molecule has 11 heteroatoms. The molecule has 3 N–H and O–H groups in total. The van der Waals surface area contributed by atoms with E-state index in [2.05, 4.69) is 5.10 Å². The number of β-lactam (4-membered cyclic amide) rings is 1. The van der Waals surface area contributed by atoms with E-state index in [4.69, 9.17) is 5.73 Å². The van der Waals surface area contributed by atoms with Crippen LogP contribution in [0.3, 0.4) is 0 Å². The van der Waals surface area contributed by atoms with Crippen LogP contribution in [0.1, 0.15) is 0 Å². The summed E-state index contributed by atoms with van der Waals surface area (Å²) in [6, 6.07) is 3.11. The fourth-order valence-electron chi connectivity index (χ4n) is 2.98. The van der Waals surface area contributed by atoms with Gasteiger partial charge in [0.15, 0.2) is 6.20 Å². The Bertz CT molecular complexity index is 871. The molecule has 0 spiro atoms. The normalized spacial score (nSPS) is 22.0. The number of carbonyl (C=O) groups excluding carboxylic acids is 1. The molecule has 134 valence electrons. The van der Waals surface area contributed by atoms with Crippen LogP contribution in [0.4, 0.5) is 0 Å². The Balaban J connectivity index is 0.00000113. The van der Waals surface area contributed by atoms with E-state index in [1.165, 1.54) is 16.7 Å². The molecule has 4 heterocycles. The topological polar surface area (TPSA) is 105 Å². The predicted molar refractivity (Wildman–Crippen MR) is 95.6 cm³/mol. The van der Waals surface area contributed by atoms with Gasteiger partial charge < -0.3 is 10.8 Å². The van der Waals surface area contributed by atoms with Gasteiger partial charge in [-0.3, -0.25) is 9.69 Å². The molecule has 8 nitrogen and oxygen atoms in total. The number of amides is 1. The maximum Gasteiger partial charge on any atom is 0.352 e. The summed E-state index contributed by atoms with van der Waals surface area (Å²) in [4.78, 5) is 24.9. The van der Waals surface area contributed by atoms with Gasteiger partial charge >= 0.3 is 11.6 Å². The molecular formula is C14H16Cl2N5O3S+. The molecule has 1 amide bonds. The third-order valence-corrected chi connectivity index (χ3v) is 5.45. The average molecular weight is 405 g/mol. The first-order valence-corrected chi connectivity index (χ1v) is 8.10. The van der Waals surface area contributed by atoms with E-state index >= 15 is 0 Å². The van der Waals surface area contributed by atoms with Crippen molar-refractivity contribution in [1.82, 2.24) is 14.5 Å². The van der Waals surface area contributed by atoms with E-state index in [9.17, 15) is 14.7 Å². The van der Waals surface area contributed by atoms with Crippen molar-refractivity contribution in [1.29, 1.82) is 0 Å². The maximum atomic E-state index is 11.9. The van der Waals surface area contributed by atoms with E-state index < -0.39 is 12.0 Å². The average Bonchev–Trinajstić information content (AvgIpc) is 2.96. The Morgan fingerprint density at radius 3 is 2.96 bits per heavy atom. The van der Waals surface area contributed by atoms with Gasteiger partial charge in [0, 0.05) is 17.4 Å². The SMILES string of the molecule is Cl.Cl.N[C@@H]1C(=O)N2C(C(=O)O)=C(C[n+]3ccn4ncccc43)CS[C@H]12. The third-order valence-electron chi connectivity index (χ3n) is 4.09. The molecule has 4 rings (SSSR count). The fraction of sp³-hybridized carbons (Fsp3) is 0.286. The summed E-state index contributed by atoms with van der Waals surface area (Å²) in [7, 11) is 0. The highest BCUT2D eigenvalue weighted by Crippen LogP contribution is 2.39. The molecule has 2 aromatic heterocycles. The van der Waals surface area contributed by atoms with Crippen molar-refractivity contribution >= 4 is 54.1 Å². The van der Waals surface area contributed by atoms with Gasteiger partial charge in [0.1, 0.15) is 29.9 Å². The highest BCUT2D eigenvalue weighted by molar-refractivity contribution is 8.00. The van der Waals surface area contributed by atoms with E-state index in [1.807, 2.05) is 22.9 Å². The van der Waals surface area contributed by atoms with Crippen molar-refractivity contribution in [3.05, 3.63) is 42.0 Å². The molecule has 2 atom stereocenters. The van der Waals surface area contributed by atoms with E-state index in [0.29, 0.717) is 17.9 Å². The minimum atomic E-state index is -1.09. The number of halogens is 2. The quantitative estimate of drug-likeness (QED) is 0.552. The Morgan fingerprint density at radius 1 is 1.48 bits per heavy atom. The van der Waals surface area contributed by atoms with Crippen LogP contribution < -0.4 is 10.3 Å². The molecule has 2 aromatic rings. The molecule has 0 bridgehead atoms. The Hall–Kier alpha value is -1.81. The van der Waals surface area contributed by atoms with Crippen LogP contribution in [0.25, 0.3) is 5.65 Å². The summed E-state index contributed by atoms with van der Waals surface area (Å²) in [5, 5.41) is 13.5. The number of aromatic nitrogens is 3. The summed E-state index contributed by atoms with van der Waals surface area (Å²) in [6.45, 7) is 0.391. The summed E-state index contributed by atoms with van der Waals surface area (Å²) >= 11 is 1.50. The van der Waals surface area contributed by atoms with E-state index in [1.54, 1.807) is 16.9 Å². The number of aliphatic carboxylic acids is 1. The van der Waals surface area contributed by atoms with Gasteiger partial charge in [0.2, 0.25) is 5.91 Å². The zero-order valence-electron chi connectivity index (χ0n) is 12.8. The third kappa shape index (κ3) is 2.97. The Labute approximate surface area is 159 Å². The highest BCUT2D eigenvalue weighted by Gasteiger charge is 2.51. The Morgan fingerprint density at radius 2 is 2.24 bits per heavy atom. The lowest BCUT2D eigenvalue weighted by Gasteiger charge is -2.47. The molecule has 1 fully saturated rings. The van der Waals surface area contributed by atoms with Gasteiger partial charge in [-0.05, 0) is 6.07 Å². The molecule has 2 aliphatic rings. The predicted octanol–water partition coefficient (Wildman–Crippen LogP) is 0.0465. The molecule has 0 aliphatic carbocycles. The molecule has 0 saturated carbocycles. The molecule has 25 heavy (non-hydrogen) atoms.